The van der Waals surface area contributed by atoms with Crippen molar-refractivity contribution in [3.8, 4) is 6.07 Å². The lowest BCUT2D eigenvalue weighted by Gasteiger charge is -2.39. The largest absolute Gasteiger partial charge is 0.402 e. The van der Waals surface area contributed by atoms with Gasteiger partial charge in [0, 0.05) is 55.2 Å². The van der Waals surface area contributed by atoms with Gasteiger partial charge in [0.15, 0.2) is 0 Å². The lowest BCUT2D eigenvalue weighted by molar-refractivity contribution is 0.135. The number of hydrogen-bond donors (Lipinski definition) is 4. The van der Waals surface area contributed by atoms with Crippen molar-refractivity contribution in [3.63, 3.8) is 0 Å². The van der Waals surface area contributed by atoms with Crippen LogP contribution < -0.4 is 16.4 Å². The molecule has 0 aromatic carbocycles. The fourth-order valence-corrected chi connectivity index (χ4v) is 4.61. The normalized spacial score (nSPS) is 24.4. The van der Waals surface area contributed by atoms with Gasteiger partial charge in [0.05, 0.1) is 6.07 Å². The summed E-state index contributed by atoms with van der Waals surface area (Å²) in [6, 6.07) is 5.47. The molecule has 2 fully saturated rings. The fraction of sp³-hybridized carbons (Fsp3) is 0.500. The van der Waals surface area contributed by atoms with Crippen molar-refractivity contribution in [3.05, 3.63) is 30.2 Å². The number of fused-ring (bicyclic) bond motifs is 3. The van der Waals surface area contributed by atoms with Gasteiger partial charge in [-0.1, -0.05) is 0 Å². The number of anilines is 2. The van der Waals surface area contributed by atoms with Crippen LogP contribution in [0.4, 0.5) is 11.8 Å². The first-order chi connectivity index (χ1) is 14.0. The second-order valence-electron chi connectivity index (χ2n) is 7.89. The average molecular weight is 393 g/mol. The highest BCUT2D eigenvalue weighted by Gasteiger charge is 2.40. The number of nitriles is 1. The molecule has 3 atom stereocenters. The minimum absolute atomic E-state index is 0.184. The molecular weight excluding hydrogens is 366 g/mol. The Morgan fingerprint density at radius 2 is 2.17 bits per heavy atom. The molecule has 9 heteroatoms. The maximum absolute atomic E-state index is 8.92. The highest BCUT2D eigenvalue weighted by Crippen LogP contribution is 2.36. The van der Waals surface area contributed by atoms with Crippen LogP contribution in [0.3, 0.4) is 0 Å². The maximum Gasteiger partial charge on any atom is 0.210 e. The van der Waals surface area contributed by atoms with Crippen molar-refractivity contribution in [2.75, 3.05) is 17.2 Å². The summed E-state index contributed by atoms with van der Waals surface area (Å²) in [5.74, 6) is 1.46. The Balaban J connectivity index is 1.51. The van der Waals surface area contributed by atoms with E-state index in [1.165, 1.54) is 12.8 Å². The van der Waals surface area contributed by atoms with Crippen LogP contribution in [0, 0.1) is 16.7 Å². The molecule has 4 rings (SSSR count). The number of rotatable bonds is 6. The van der Waals surface area contributed by atoms with E-state index < -0.39 is 0 Å². The molecule has 2 aliphatic rings. The van der Waals surface area contributed by atoms with Gasteiger partial charge in [-0.2, -0.15) is 10.2 Å². The minimum Gasteiger partial charge on any atom is -0.402 e. The predicted octanol–water partition coefficient (Wildman–Crippen LogP) is 2.30. The van der Waals surface area contributed by atoms with E-state index in [0.717, 1.165) is 31.0 Å². The SMILES string of the molecule is C/C(N)=C/C(=N)Nc1cc2nccn2c(N[C@@H]2C[C@H]3CC[C@@H](C2)N3CCC#N)n1. The van der Waals surface area contributed by atoms with Gasteiger partial charge in [0.1, 0.15) is 17.3 Å². The standard InChI is InChI=1S/C20H27N9/c1-13(22)9-17(23)26-18-12-19-24-6-8-29(19)20(27-18)25-14-10-15-3-4-16(11-14)28(15)7-2-5-21/h6,8-9,12,14-16H,2-4,7,10-11,22H2,1H3,(H2,23,26)(H,25,27)/b13-9-/t14-,15-,16+. The lowest BCUT2D eigenvalue weighted by atomic mass is 9.97. The van der Waals surface area contributed by atoms with Crippen molar-refractivity contribution in [1.29, 1.82) is 10.7 Å². The molecule has 0 amide bonds. The summed E-state index contributed by atoms with van der Waals surface area (Å²) < 4.78 is 1.93. The third kappa shape index (κ3) is 4.17. The molecule has 152 valence electrons. The third-order valence-corrected chi connectivity index (χ3v) is 5.72. The number of piperidine rings is 1. The Morgan fingerprint density at radius 1 is 1.41 bits per heavy atom. The van der Waals surface area contributed by atoms with Crippen LogP contribution in [-0.4, -0.2) is 49.8 Å². The second kappa shape index (κ2) is 8.09. The average Bonchev–Trinajstić information content (AvgIpc) is 3.21. The molecule has 9 nitrogen and oxygen atoms in total. The summed E-state index contributed by atoms with van der Waals surface area (Å²) in [7, 11) is 0. The van der Waals surface area contributed by atoms with E-state index >= 15 is 0 Å². The fourth-order valence-electron chi connectivity index (χ4n) is 4.61. The minimum atomic E-state index is 0.184. The van der Waals surface area contributed by atoms with Crippen molar-refractivity contribution in [2.45, 2.75) is 57.2 Å². The lowest BCUT2D eigenvalue weighted by Crippen LogP contribution is -2.47. The van der Waals surface area contributed by atoms with Crippen LogP contribution in [0.5, 0.6) is 0 Å². The molecule has 2 saturated heterocycles. The first-order valence-corrected chi connectivity index (χ1v) is 10.1. The molecule has 2 aromatic rings. The van der Waals surface area contributed by atoms with Gasteiger partial charge in [0.25, 0.3) is 0 Å². The third-order valence-electron chi connectivity index (χ3n) is 5.72. The van der Waals surface area contributed by atoms with Gasteiger partial charge < -0.3 is 16.4 Å². The zero-order valence-electron chi connectivity index (χ0n) is 16.6. The zero-order chi connectivity index (χ0) is 20.4. The van der Waals surface area contributed by atoms with E-state index in [1.54, 1.807) is 19.2 Å². The van der Waals surface area contributed by atoms with Crippen LogP contribution in [0.25, 0.3) is 5.65 Å². The van der Waals surface area contributed by atoms with Crippen LogP contribution in [-0.2, 0) is 0 Å². The van der Waals surface area contributed by atoms with Crippen LogP contribution in [0.1, 0.15) is 39.0 Å². The van der Waals surface area contributed by atoms with Crippen molar-refractivity contribution >= 4 is 23.2 Å². The Labute approximate surface area is 170 Å². The van der Waals surface area contributed by atoms with Gasteiger partial charge in [-0.05, 0) is 38.7 Å². The maximum atomic E-state index is 8.92. The van der Waals surface area contributed by atoms with Gasteiger partial charge in [-0.25, -0.2) is 4.98 Å². The van der Waals surface area contributed by atoms with Crippen LogP contribution >= 0.6 is 0 Å². The first-order valence-electron chi connectivity index (χ1n) is 10.1. The number of nitrogens with zero attached hydrogens (tertiary/aromatic N) is 5. The van der Waals surface area contributed by atoms with E-state index in [1.807, 2.05) is 16.7 Å². The van der Waals surface area contributed by atoms with Crippen molar-refractivity contribution < 1.29 is 0 Å². The van der Waals surface area contributed by atoms with Crippen LogP contribution in [0.2, 0.25) is 0 Å². The molecule has 4 heterocycles. The van der Waals surface area contributed by atoms with Crippen molar-refractivity contribution in [2.24, 2.45) is 5.73 Å². The van der Waals surface area contributed by atoms with Gasteiger partial charge in [-0.3, -0.25) is 14.7 Å². The smallest absolute Gasteiger partial charge is 0.210 e. The number of nitrogens with two attached hydrogens (primary N) is 1. The molecule has 0 spiro atoms. The second-order valence-corrected chi connectivity index (χ2v) is 7.89. The molecule has 2 aromatic heterocycles. The van der Waals surface area contributed by atoms with E-state index in [9.17, 15) is 0 Å². The molecule has 0 radical (unpaired) electrons. The molecule has 29 heavy (non-hydrogen) atoms. The first kappa shape index (κ1) is 19.2. The molecule has 5 N–H and O–H groups in total. The molecule has 0 unspecified atom stereocenters. The van der Waals surface area contributed by atoms with E-state index in [2.05, 4.69) is 31.6 Å². The number of amidine groups is 1. The van der Waals surface area contributed by atoms with Gasteiger partial charge >= 0.3 is 0 Å². The Morgan fingerprint density at radius 3 is 2.86 bits per heavy atom. The molecule has 2 aliphatic heterocycles. The molecule has 0 saturated carbocycles. The summed E-state index contributed by atoms with van der Waals surface area (Å²) in [6.07, 6.45) is 10.3. The van der Waals surface area contributed by atoms with E-state index in [0.29, 0.717) is 36.1 Å². The monoisotopic (exact) mass is 393 g/mol. The highest BCUT2D eigenvalue weighted by atomic mass is 15.3. The van der Waals surface area contributed by atoms with Gasteiger partial charge in [0.2, 0.25) is 5.95 Å². The molecule has 2 bridgehead atoms. The van der Waals surface area contributed by atoms with Crippen molar-refractivity contribution in [1.82, 2.24) is 19.3 Å². The highest BCUT2D eigenvalue weighted by molar-refractivity contribution is 6.01. The summed E-state index contributed by atoms with van der Waals surface area (Å²) in [5.41, 5.74) is 6.98. The number of imidazole rings is 1. The predicted molar refractivity (Wildman–Crippen MR) is 113 cm³/mol. The Bertz CT molecular complexity index is 952. The summed E-state index contributed by atoms with van der Waals surface area (Å²) in [6.45, 7) is 2.61. The number of aromatic nitrogens is 3. The van der Waals surface area contributed by atoms with Gasteiger partial charge in [-0.15, -0.1) is 0 Å². The zero-order valence-corrected chi connectivity index (χ0v) is 16.6. The quantitative estimate of drug-likeness (QED) is 0.437. The summed E-state index contributed by atoms with van der Waals surface area (Å²) >= 11 is 0. The van der Waals surface area contributed by atoms with E-state index in [-0.39, 0.29) is 5.84 Å². The Kier molecular flexibility index (Phi) is 5.36. The van der Waals surface area contributed by atoms with Crippen LogP contribution in [0.15, 0.2) is 30.2 Å². The molecule has 0 aliphatic carbocycles. The topological polar surface area (TPSA) is 131 Å². The number of allylic oxidation sites excluding steroid dienone is 1. The Hall–Kier alpha value is -3.12. The number of hydrogen-bond acceptors (Lipinski definition) is 7. The number of nitrogens with one attached hydrogen (secondary N) is 3. The summed E-state index contributed by atoms with van der Waals surface area (Å²) in [4.78, 5) is 11.6. The molecular formula is C20H27N9. The van der Waals surface area contributed by atoms with E-state index in [4.69, 9.17) is 16.4 Å². The summed E-state index contributed by atoms with van der Waals surface area (Å²) in [5, 5.41) is 23.5.